The summed E-state index contributed by atoms with van der Waals surface area (Å²) in [7, 11) is 1.59. The van der Waals surface area contributed by atoms with E-state index in [4.69, 9.17) is 10.5 Å². The number of piperidine rings is 1. The zero-order valence-corrected chi connectivity index (χ0v) is 12.5. The van der Waals surface area contributed by atoms with E-state index in [0.717, 1.165) is 18.4 Å². The molecule has 1 aromatic rings. The number of hydrogen-bond acceptors (Lipinski definition) is 3. The Morgan fingerprint density at radius 1 is 1.33 bits per heavy atom. The third kappa shape index (κ3) is 3.54. The van der Waals surface area contributed by atoms with Gasteiger partial charge >= 0.3 is 0 Å². The van der Waals surface area contributed by atoms with Crippen molar-refractivity contribution >= 4 is 11.8 Å². The summed E-state index contributed by atoms with van der Waals surface area (Å²) in [5.41, 5.74) is 6.24. The standard InChI is InChI=1S/C16H22N2O3/c1-11-7-8-13(16(17)20)10-18(11)15(19)9-12-5-3-4-6-14(12)21-2/h3-6,11,13H,7-10H2,1-2H3,(H2,17,20)/t11-,13-/m0/s1. The number of nitrogens with zero attached hydrogens (tertiary/aromatic N) is 1. The van der Waals surface area contributed by atoms with E-state index in [1.54, 1.807) is 12.0 Å². The van der Waals surface area contributed by atoms with Crippen LogP contribution in [-0.2, 0) is 16.0 Å². The highest BCUT2D eigenvalue weighted by Gasteiger charge is 2.31. The van der Waals surface area contributed by atoms with Gasteiger partial charge in [0, 0.05) is 18.2 Å². The van der Waals surface area contributed by atoms with Gasteiger partial charge in [-0.2, -0.15) is 0 Å². The van der Waals surface area contributed by atoms with Crippen LogP contribution in [0, 0.1) is 5.92 Å². The van der Waals surface area contributed by atoms with Crippen molar-refractivity contribution < 1.29 is 14.3 Å². The normalized spacial score (nSPS) is 21.9. The number of hydrogen-bond donors (Lipinski definition) is 1. The van der Waals surface area contributed by atoms with Crippen LogP contribution in [-0.4, -0.2) is 36.4 Å². The molecule has 0 bridgehead atoms. The van der Waals surface area contributed by atoms with E-state index in [-0.39, 0.29) is 30.2 Å². The Balaban J connectivity index is 2.09. The van der Waals surface area contributed by atoms with Gasteiger partial charge in [0.1, 0.15) is 5.75 Å². The smallest absolute Gasteiger partial charge is 0.227 e. The van der Waals surface area contributed by atoms with E-state index in [9.17, 15) is 9.59 Å². The highest BCUT2D eigenvalue weighted by atomic mass is 16.5. The van der Waals surface area contributed by atoms with Crippen molar-refractivity contribution in [2.75, 3.05) is 13.7 Å². The van der Waals surface area contributed by atoms with Gasteiger partial charge in [-0.3, -0.25) is 9.59 Å². The van der Waals surface area contributed by atoms with Crippen LogP contribution in [0.1, 0.15) is 25.3 Å². The summed E-state index contributed by atoms with van der Waals surface area (Å²) in [6, 6.07) is 7.63. The number of amides is 2. The second-order valence-electron chi connectivity index (χ2n) is 5.56. The van der Waals surface area contributed by atoms with Crippen molar-refractivity contribution in [3.05, 3.63) is 29.8 Å². The SMILES string of the molecule is COc1ccccc1CC(=O)N1C[C@@H](C(N)=O)CC[C@@H]1C. The maximum atomic E-state index is 12.5. The summed E-state index contributed by atoms with van der Waals surface area (Å²) in [5.74, 6) is 0.166. The van der Waals surface area contributed by atoms with E-state index in [1.807, 2.05) is 31.2 Å². The van der Waals surface area contributed by atoms with Crippen LogP contribution in [0.4, 0.5) is 0 Å². The lowest BCUT2D eigenvalue weighted by Crippen LogP contribution is -2.49. The molecule has 0 radical (unpaired) electrons. The molecule has 114 valence electrons. The van der Waals surface area contributed by atoms with E-state index >= 15 is 0 Å². The summed E-state index contributed by atoms with van der Waals surface area (Å²) in [5, 5.41) is 0. The lowest BCUT2D eigenvalue weighted by molar-refractivity contribution is -0.137. The fraction of sp³-hybridized carbons (Fsp3) is 0.500. The van der Waals surface area contributed by atoms with E-state index < -0.39 is 0 Å². The molecule has 21 heavy (non-hydrogen) atoms. The Hall–Kier alpha value is -2.04. The van der Waals surface area contributed by atoms with E-state index in [2.05, 4.69) is 0 Å². The molecule has 0 unspecified atom stereocenters. The molecule has 2 N–H and O–H groups in total. The number of ether oxygens (including phenoxy) is 1. The maximum Gasteiger partial charge on any atom is 0.227 e. The average molecular weight is 290 g/mol. The minimum Gasteiger partial charge on any atom is -0.496 e. The molecule has 0 aromatic heterocycles. The van der Waals surface area contributed by atoms with Crippen molar-refractivity contribution in [2.45, 2.75) is 32.2 Å². The van der Waals surface area contributed by atoms with Crippen molar-refractivity contribution in [2.24, 2.45) is 11.7 Å². The predicted octanol–water partition coefficient (Wildman–Crippen LogP) is 1.35. The fourth-order valence-corrected chi connectivity index (χ4v) is 2.80. The molecule has 0 saturated carbocycles. The zero-order chi connectivity index (χ0) is 15.4. The average Bonchev–Trinajstić information content (AvgIpc) is 2.47. The van der Waals surface area contributed by atoms with Crippen LogP contribution in [0.3, 0.4) is 0 Å². The van der Waals surface area contributed by atoms with Crippen molar-refractivity contribution in [1.82, 2.24) is 4.90 Å². The van der Waals surface area contributed by atoms with Crippen LogP contribution in [0.15, 0.2) is 24.3 Å². The number of likely N-dealkylation sites (tertiary alicyclic amines) is 1. The van der Waals surface area contributed by atoms with Gasteiger partial charge in [0.25, 0.3) is 0 Å². The topological polar surface area (TPSA) is 72.6 Å². The summed E-state index contributed by atoms with van der Waals surface area (Å²) < 4.78 is 5.27. The van der Waals surface area contributed by atoms with Crippen molar-refractivity contribution in [3.63, 3.8) is 0 Å². The second-order valence-corrected chi connectivity index (χ2v) is 5.56. The molecule has 0 spiro atoms. The first kappa shape index (κ1) is 15.4. The molecular weight excluding hydrogens is 268 g/mol. The first-order valence-corrected chi connectivity index (χ1v) is 7.23. The summed E-state index contributed by atoms with van der Waals surface area (Å²) in [4.78, 5) is 25.7. The number of carbonyl (C=O) groups is 2. The van der Waals surface area contributed by atoms with Crippen LogP contribution in [0.5, 0.6) is 5.75 Å². The summed E-state index contributed by atoms with van der Waals surface area (Å²) in [6.45, 7) is 2.43. The van der Waals surface area contributed by atoms with Gasteiger partial charge in [-0.25, -0.2) is 0 Å². The third-order valence-electron chi connectivity index (χ3n) is 4.14. The molecule has 0 aliphatic carbocycles. The van der Waals surface area contributed by atoms with Crippen LogP contribution < -0.4 is 10.5 Å². The first-order chi connectivity index (χ1) is 10.0. The van der Waals surface area contributed by atoms with Gasteiger partial charge in [0.2, 0.25) is 11.8 Å². The van der Waals surface area contributed by atoms with Gasteiger partial charge in [-0.15, -0.1) is 0 Å². The monoisotopic (exact) mass is 290 g/mol. The molecule has 1 heterocycles. The minimum atomic E-state index is -0.322. The number of para-hydroxylation sites is 1. The largest absolute Gasteiger partial charge is 0.496 e. The lowest BCUT2D eigenvalue weighted by atomic mass is 9.92. The Kier molecular flexibility index (Phi) is 4.83. The third-order valence-corrected chi connectivity index (χ3v) is 4.14. The van der Waals surface area contributed by atoms with Crippen molar-refractivity contribution in [3.8, 4) is 5.75 Å². The Morgan fingerprint density at radius 3 is 2.71 bits per heavy atom. The highest BCUT2D eigenvalue weighted by Crippen LogP contribution is 2.24. The molecule has 2 atom stereocenters. The Morgan fingerprint density at radius 2 is 2.05 bits per heavy atom. The summed E-state index contributed by atoms with van der Waals surface area (Å²) >= 11 is 0. The van der Waals surface area contributed by atoms with Gasteiger partial charge in [0.05, 0.1) is 19.4 Å². The van der Waals surface area contributed by atoms with Crippen LogP contribution in [0.25, 0.3) is 0 Å². The molecular formula is C16H22N2O3. The molecule has 1 fully saturated rings. The van der Waals surface area contributed by atoms with Crippen LogP contribution in [0.2, 0.25) is 0 Å². The van der Waals surface area contributed by atoms with Gasteiger partial charge < -0.3 is 15.4 Å². The minimum absolute atomic E-state index is 0.0120. The molecule has 5 nitrogen and oxygen atoms in total. The summed E-state index contributed by atoms with van der Waals surface area (Å²) in [6.07, 6.45) is 1.85. The van der Waals surface area contributed by atoms with Gasteiger partial charge in [0.15, 0.2) is 0 Å². The van der Waals surface area contributed by atoms with Gasteiger partial charge in [-0.05, 0) is 25.8 Å². The Labute approximate surface area is 125 Å². The van der Waals surface area contributed by atoms with Crippen molar-refractivity contribution in [1.29, 1.82) is 0 Å². The maximum absolute atomic E-state index is 12.5. The van der Waals surface area contributed by atoms with Gasteiger partial charge in [-0.1, -0.05) is 18.2 Å². The molecule has 1 saturated heterocycles. The van der Waals surface area contributed by atoms with E-state index in [1.165, 1.54) is 0 Å². The highest BCUT2D eigenvalue weighted by molar-refractivity contribution is 5.82. The number of primary amides is 1. The quantitative estimate of drug-likeness (QED) is 0.909. The number of benzene rings is 1. The number of methoxy groups -OCH3 is 1. The van der Waals surface area contributed by atoms with Crippen LogP contribution >= 0.6 is 0 Å². The molecule has 2 rings (SSSR count). The predicted molar refractivity (Wildman–Crippen MR) is 79.8 cm³/mol. The second kappa shape index (κ2) is 6.61. The van der Waals surface area contributed by atoms with E-state index in [0.29, 0.717) is 12.3 Å². The molecule has 2 amide bonds. The fourth-order valence-electron chi connectivity index (χ4n) is 2.80. The Bertz CT molecular complexity index is 530. The zero-order valence-electron chi connectivity index (χ0n) is 12.5. The molecule has 1 aliphatic heterocycles. The molecule has 5 heteroatoms. The number of carbonyl (C=O) groups excluding carboxylic acids is 2. The molecule has 1 aliphatic rings. The molecule has 1 aromatic carbocycles. The number of rotatable bonds is 4. The lowest BCUT2D eigenvalue weighted by Gasteiger charge is -2.37. The first-order valence-electron chi connectivity index (χ1n) is 7.23. The number of nitrogens with two attached hydrogens (primary N) is 1.